The number of carbonyl (C=O) groups is 1. The molecule has 1 aliphatic heterocycles. The number of rotatable bonds is 9. The molecule has 2 unspecified atom stereocenters. The van der Waals surface area contributed by atoms with Gasteiger partial charge in [-0.1, -0.05) is 6.92 Å². The molecule has 1 amide bonds. The molecule has 1 saturated carbocycles. The van der Waals surface area contributed by atoms with E-state index >= 15 is 0 Å². The van der Waals surface area contributed by atoms with Gasteiger partial charge in [0.05, 0.1) is 32.1 Å². The fourth-order valence-electron chi connectivity index (χ4n) is 4.54. The van der Waals surface area contributed by atoms with Crippen molar-refractivity contribution < 1.29 is 41.7 Å². The van der Waals surface area contributed by atoms with Crippen LogP contribution >= 0.6 is 0 Å². The van der Waals surface area contributed by atoms with Crippen LogP contribution in [0.4, 0.5) is 17.6 Å². The van der Waals surface area contributed by atoms with Crippen LogP contribution in [0.15, 0.2) is 48.5 Å². The Morgan fingerprint density at radius 1 is 1.17 bits per heavy atom. The summed E-state index contributed by atoms with van der Waals surface area (Å²) in [6.07, 6.45) is -3.38. The molecule has 4 N–H and O–H groups in total. The summed E-state index contributed by atoms with van der Waals surface area (Å²) in [6, 6.07) is 10.3. The molecule has 2 aliphatic rings. The van der Waals surface area contributed by atoms with E-state index < -0.39 is 41.2 Å². The number of aromatic nitrogens is 1. The summed E-state index contributed by atoms with van der Waals surface area (Å²) in [6.45, 7) is 0.583. The van der Waals surface area contributed by atoms with E-state index in [1.54, 1.807) is 6.92 Å². The van der Waals surface area contributed by atoms with E-state index in [-0.39, 0.29) is 47.6 Å². The zero-order valence-corrected chi connectivity index (χ0v) is 22.3. The van der Waals surface area contributed by atoms with Crippen molar-refractivity contribution in [1.82, 2.24) is 10.3 Å². The third-order valence-corrected chi connectivity index (χ3v) is 7.37. The lowest BCUT2D eigenvalue weighted by molar-refractivity contribution is -0.265. The number of methoxy groups -OCH3 is 1. The van der Waals surface area contributed by atoms with Crippen molar-refractivity contribution in [3.63, 3.8) is 0 Å². The zero-order valence-electron chi connectivity index (χ0n) is 22.3. The number of carbonyl (C=O) groups excluding carboxylic acids is 1. The minimum Gasteiger partial charge on any atom is -0.493 e. The molecule has 1 aliphatic carbocycles. The van der Waals surface area contributed by atoms with Crippen molar-refractivity contribution in [3.8, 4) is 28.5 Å². The first-order valence-corrected chi connectivity index (χ1v) is 13.0. The van der Waals surface area contributed by atoms with Crippen molar-refractivity contribution in [2.24, 2.45) is 5.73 Å². The SMILES string of the molecule is COc1cc(C(=O)NCC(O)(c2cc3c(c(-c4ccc(F)cc4)n2)OCC3(C)CN)C(F)(F)F)ccc1OC1CC1. The predicted molar refractivity (Wildman–Crippen MR) is 140 cm³/mol. The number of halogens is 4. The molecule has 0 spiro atoms. The summed E-state index contributed by atoms with van der Waals surface area (Å²) in [5.74, 6) is -0.561. The Morgan fingerprint density at radius 3 is 2.49 bits per heavy atom. The number of amides is 1. The number of pyridine rings is 1. The van der Waals surface area contributed by atoms with Gasteiger partial charge in [0.25, 0.3) is 5.91 Å². The Balaban J connectivity index is 1.51. The van der Waals surface area contributed by atoms with Gasteiger partial charge in [-0.25, -0.2) is 9.37 Å². The maximum Gasteiger partial charge on any atom is 0.424 e. The van der Waals surface area contributed by atoms with Gasteiger partial charge in [0.15, 0.2) is 11.5 Å². The molecule has 5 rings (SSSR count). The van der Waals surface area contributed by atoms with E-state index in [9.17, 15) is 27.5 Å². The molecule has 218 valence electrons. The fraction of sp³-hybridized carbons (Fsp3) is 0.379. The van der Waals surface area contributed by atoms with Gasteiger partial charge in [-0.2, -0.15) is 13.2 Å². The van der Waals surface area contributed by atoms with Crippen LogP contribution in [0.1, 0.15) is 41.4 Å². The van der Waals surface area contributed by atoms with Gasteiger partial charge in [-0.05, 0) is 61.4 Å². The Morgan fingerprint density at radius 2 is 1.88 bits per heavy atom. The number of nitrogens with one attached hydrogen (secondary N) is 1. The Hall–Kier alpha value is -3.90. The second-order valence-corrected chi connectivity index (χ2v) is 10.5. The minimum atomic E-state index is -5.25. The summed E-state index contributed by atoms with van der Waals surface area (Å²) in [7, 11) is 1.39. The van der Waals surface area contributed by atoms with Crippen LogP contribution in [-0.2, 0) is 11.0 Å². The van der Waals surface area contributed by atoms with Gasteiger partial charge < -0.3 is 30.4 Å². The molecule has 12 heteroatoms. The number of fused-ring (bicyclic) bond motifs is 1. The molecule has 8 nitrogen and oxygen atoms in total. The van der Waals surface area contributed by atoms with Crippen LogP contribution < -0.4 is 25.3 Å². The zero-order chi connectivity index (χ0) is 29.6. The number of nitrogens with two attached hydrogens (primary N) is 1. The normalized spacial score (nSPS) is 19.6. The summed E-state index contributed by atoms with van der Waals surface area (Å²) < 4.78 is 74.1. The first kappa shape index (κ1) is 28.6. The Bertz CT molecular complexity index is 1460. The number of hydrogen-bond acceptors (Lipinski definition) is 7. The number of benzene rings is 2. The monoisotopic (exact) mass is 575 g/mol. The highest BCUT2D eigenvalue weighted by atomic mass is 19.4. The molecular weight excluding hydrogens is 546 g/mol. The standard InChI is InChI=1S/C29H29F4N3O5/c1-27(13-34)15-40-25-20(27)12-23(36-24(25)16-3-6-18(30)7-4-16)28(38,29(31,32)33)14-35-26(37)17-5-10-21(22(11-17)39-2)41-19-8-9-19/h3-7,10-12,19,38H,8-9,13-15,34H2,1-2H3,(H,35,37). The van der Waals surface area contributed by atoms with E-state index in [0.29, 0.717) is 11.3 Å². The Kier molecular flexibility index (Phi) is 7.33. The highest BCUT2D eigenvalue weighted by Crippen LogP contribution is 2.47. The van der Waals surface area contributed by atoms with Crippen LogP contribution in [0.3, 0.4) is 0 Å². The molecule has 2 atom stereocenters. The Labute approximate surface area is 233 Å². The molecule has 2 aromatic carbocycles. The molecule has 1 aromatic heterocycles. The lowest BCUT2D eigenvalue weighted by atomic mass is 9.82. The average Bonchev–Trinajstić information content (AvgIpc) is 3.71. The first-order valence-electron chi connectivity index (χ1n) is 13.0. The molecule has 1 fully saturated rings. The van der Waals surface area contributed by atoms with Crippen molar-refractivity contribution >= 4 is 5.91 Å². The summed E-state index contributed by atoms with van der Waals surface area (Å²) >= 11 is 0. The van der Waals surface area contributed by atoms with Crippen LogP contribution in [-0.4, -0.2) is 55.1 Å². The van der Waals surface area contributed by atoms with Crippen molar-refractivity contribution in [2.75, 3.05) is 26.8 Å². The molecule has 2 heterocycles. The molecular formula is C29H29F4N3O5. The van der Waals surface area contributed by atoms with E-state index in [2.05, 4.69) is 10.3 Å². The summed E-state index contributed by atoms with van der Waals surface area (Å²) in [5, 5.41) is 13.4. The maximum absolute atomic E-state index is 14.6. The topological polar surface area (TPSA) is 116 Å². The third-order valence-electron chi connectivity index (χ3n) is 7.37. The lowest BCUT2D eigenvalue weighted by Gasteiger charge is -2.31. The first-order chi connectivity index (χ1) is 19.4. The maximum atomic E-state index is 14.6. The largest absolute Gasteiger partial charge is 0.493 e. The van der Waals surface area contributed by atoms with Crippen molar-refractivity contribution in [3.05, 3.63) is 71.2 Å². The molecule has 0 saturated heterocycles. The number of hydrogen-bond donors (Lipinski definition) is 3. The second kappa shape index (κ2) is 10.5. The second-order valence-electron chi connectivity index (χ2n) is 10.5. The van der Waals surface area contributed by atoms with Crippen LogP contribution in [0.25, 0.3) is 11.3 Å². The molecule has 3 aromatic rings. The highest BCUT2D eigenvalue weighted by Gasteiger charge is 2.57. The van der Waals surface area contributed by atoms with Gasteiger partial charge in [0, 0.05) is 28.7 Å². The fourth-order valence-corrected chi connectivity index (χ4v) is 4.54. The quantitative estimate of drug-likeness (QED) is 0.327. The van der Waals surface area contributed by atoms with Crippen LogP contribution in [0.5, 0.6) is 17.2 Å². The summed E-state index contributed by atoms with van der Waals surface area (Å²) in [4.78, 5) is 17.1. The summed E-state index contributed by atoms with van der Waals surface area (Å²) in [5.41, 5.74) is 1.30. The lowest BCUT2D eigenvalue weighted by Crippen LogP contribution is -2.51. The predicted octanol–water partition coefficient (Wildman–Crippen LogP) is 4.23. The third kappa shape index (κ3) is 5.41. The molecule has 0 bridgehead atoms. The number of aliphatic hydroxyl groups is 1. The van der Waals surface area contributed by atoms with Gasteiger partial charge in [-0.3, -0.25) is 4.79 Å². The average molecular weight is 576 g/mol. The molecule has 0 radical (unpaired) electrons. The van der Waals surface area contributed by atoms with Crippen LogP contribution in [0, 0.1) is 5.82 Å². The van der Waals surface area contributed by atoms with Gasteiger partial charge in [0.2, 0.25) is 5.60 Å². The van der Waals surface area contributed by atoms with Gasteiger partial charge in [-0.15, -0.1) is 0 Å². The van der Waals surface area contributed by atoms with E-state index in [1.807, 2.05) is 0 Å². The van der Waals surface area contributed by atoms with E-state index in [1.165, 1.54) is 37.4 Å². The smallest absolute Gasteiger partial charge is 0.424 e. The van der Waals surface area contributed by atoms with E-state index in [0.717, 1.165) is 31.0 Å². The molecule has 41 heavy (non-hydrogen) atoms. The number of ether oxygens (including phenoxy) is 3. The van der Waals surface area contributed by atoms with Crippen molar-refractivity contribution in [2.45, 2.75) is 43.1 Å². The highest BCUT2D eigenvalue weighted by molar-refractivity contribution is 5.95. The van der Waals surface area contributed by atoms with E-state index in [4.69, 9.17) is 19.9 Å². The number of nitrogens with zero attached hydrogens (tertiary/aromatic N) is 1. The minimum absolute atomic E-state index is 0.00698. The number of alkyl halides is 3. The van der Waals surface area contributed by atoms with Crippen molar-refractivity contribution in [1.29, 1.82) is 0 Å². The van der Waals surface area contributed by atoms with Gasteiger partial charge in [0.1, 0.15) is 17.3 Å². The van der Waals surface area contributed by atoms with Crippen LogP contribution in [0.2, 0.25) is 0 Å². The van der Waals surface area contributed by atoms with Gasteiger partial charge >= 0.3 is 6.18 Å².